The van der Waals surface area contributed by atoms with Crippen LogP contribution >= 0.6 is 0 Å². The molecule has 0 unspecified atom stereocenters. The average Bonchev–Trinajstić information content (AvgIpc) is 2.74. The van der Waals surface area contributed by atoms with Crippen molar-refractivity contribution in [2.45, 2.75) is 13.2 Å². The Labute approximate surface area is 185 Å². The monoisotopic (exact) mass is 451 g/mol. The van der Waals surface area contributed by atoms with Crippen LogP contribution in [0.1, 0.15) is 5.56 Å². The number of benzene rings is 2. The van der Waals surface area contributed by atoms with Crippen LogP contribution in [0.3, 0.4) is 0 Å². The third-order valence-electron chi connectivity index (χ3n) is 4.46. The van der Waals surface area contributed by atoms with Gasteiger partial charge in [0.25, 0.3) is 0 Å². The van der Waals surface area contributed by atoms with Crippen LogP contribution in [0.4, 0.5) is 14.5 Å². The smallest absolute Gasteiger partial charge is 0.387 e. The highest BCUT2D eigenvalue weighted by molar-refractivity contribution is 5.94. The molecule has 174 valence electrons. The van der Waals surface area contributed by atoms with Crippen molar-refractivity contribution < 1.29 is 32.6 Å². The van der Waals surface area contributed by atoms with Crippen molar-refractivity contribution in [2.75, 3.05) is 46.7 Å². The van der Waals surface area contributed by atoms with E-state index in [1.165, 1.54) is 25.2 Å². The van der Waals surface area contributed by atoms with Crippen LogP contribution in [-0.2, 0) is 16.1 Å². The number of ether oxygens (including phenoxy) is 3. The van der Waals surface area contributed by atoms with Crippen molar-refractivity contribution in [3.8, 4) is 17.2 Å². The molecule has 0 aliphatic heterocycles. The Kier molecular flexibility index (Phi) is 9.21. The van der Waals surface area contributed by atoms with E-state index in [-0.39, 0.29) is 36.4 Å². The highest BCUT2D eigenvalue weighted by Crippen LogP contribution is 2.29. The molecule has 2 aromatic carbocycles. The lowest BCUT2D eigenvalue weighted by Gasteiger charge is -2.22. The van der Waals surface area contributed by atoms with Gasteiger partial charge in [-0.1, -0.05) is 12.1 Å². The number of methoxy groups -OCH3 is 2. The van der Waals surface area contributed by atoms with Crippen molar-refractivity contribution in [2.24, 2.45) is 0 Å². The number of rotatable bonds is 11. The molecule has 1 N–H and O–H groups in total. The van der Waals surface area contributed by atoms with E-state index < -0.39 is 6.61 Å². The van der Waals surface area contributed by atoms with Crippen LogP contribution in [0.2, 0.25) is 0 Å². The molecule has 0 bridgehead atoms. The van der Waals surface area contributed by atoms with Crippen LogP contribution in [0.25, 0.3) is 0 Å². The minimum Gasteiger partial charge on any atom is -0.497 e. The number of nitrogens with one attached hydrogen (secondary N) is 1. The zero-order chi connectivity index (χ0) is 23.7. The zero-order valence-corrected chi connectivity index (χ0v) is 18.4. The van der Waals surface area contributed by atoms with E-state index in [4.69, 9.17) is 9.47 Å². The summed E-state index contributed by atoms with van der Waals surface area (Å²) in [7, 11) is 6.17. The van der Waals surface area contributed by atoms with E-state index in [2.05, 4.69) is 10.1 Å². The number of nitrogens with zero attached hydrogens (tertiary/aromatic N) is 2. The number of halogens is 2. The second-order valence-electron chi connectivity index (χ2n) is 7.07. The molecule has 10 heteroatoms. The maximum absolute atomic E-state index is 12.5. The largest absolute Gasteiger partial charge is 0.497 e. The standard InChI is InChI=1S/C22H27F2N3O5/c1-26(12-15-8-9-18(32-22(23)24)19(10-15)31-4)14-21(29)27(2)13-20(28)25-16-6-5-7-17(11-16)30-3/h5-11,22H,12-14H2,1-4H3,(H,25,28). The van der Waals surface area contributed by atoms with E-state index in [0.717, 1.165) is 5.56 Å². The van der Waals surface area contributed by atoms with Crippen molar-refractivity contribution in [3.05, 3.63) is 48.0 Å². The first-order chi connectivity index (χ1) is 15.2. The van der Waals surface area contributed by atoms with E-state index in [9.17, 15) is 18.4 Å². The first-order valence-corrected chi connectivity index (χ1v) is 9.70. The van der Waals surface area contributed by atoms with E-state index >= 15 is 0 Å². The van der Waals surface area contributed by atoms with Gasteiger partial charge in [0.1, 0.15) is 5.75 Å². The summed E-state index contributed by atoms with van der Waals surface area (Å²) >= 11 is 0. The molecule has 0 radical (unpaired) electrons. The molecule has 0 heterocycles. The van der Waals surface area contributed by atoms with Gasteiger partial charge in [-0.2, -0.15) is 8.78 Å². The van der Waals surface area contributed by atoms with Crippen molar-refractivity contribution in [1.82, 2.24) is 9.80 Å². The predicted octanol–water partition coefficient (Wildman–Crippen LogP) is 2.83. The van der Waals surface area contributed by atoms with Gasteiger partial charge < -0.3 is 24.4 Å². The number of hydrogen-bond donors (Lipinski definition) is 1. The number of anilines is 1. The average molecular weight is 451 g/mol. The van der Waals surface area contributed by atoms with Crippen LogP contribution < -0.4 is 19.5 Å². The second-order valence-corrected chi connectivity index (χ2v) is 7.07. The van der Waals surface area contributed by atoms with Crippen LogP contribution in [0, 0.1) is 0 Å². The molecule has 0 spiro atoms. The molecule has 0 fully saturated rings. The van der Waals surface area contributed by atoms with Gasteiger partial charge in [-0.05, 0) is 36.9 Å². The molecule has 8 nitrogen and oxygen atoms in total. The van der Waals surface area contributed by atoms with Gasteiger partial charge in [-0.25, -0.2) is 0 Å². The topological polar surface area (TPSA) is 80.3 Å². The minimum atomic E-state index is -2.95. The summed E-state index contributed by atoms with van der Waals surface area (Å²) in [6.07, 6.45) is 0. The molecule has 2 amide bonds. The number of hydrogen-bond acceptors (Lipinski definition) is 6. The summed E-state index contributed by atoms with van der Waals surface area (Å²) in [4.78, 5) is 27.8. The normalized spacial score (nSPS) is 10.8. The Balaban J connectivity index is 1.87. The van der Waals surface area contributed by atoms with Crippen LogP contribution in [-0.4, -0.2) is 69.6 Å². The predicted molar refractivity (Wildman–Crippen MR) is 115 cm³/mol. The molecule has 2 rings (SSSR count). The Morgan fingerprint density at radius 2 is 1.75 bits per heavy atom. The summed E-state index contributed by atoms with van der Waals surface area (Å²) in [6.45, 7) is -2.65. The van der Waals surface area contributed by atoms with Gasteiger partial charge in [0, 0.05) is 25.3 Å². The number of alkyl halides is 2. The Bertz CT molecular complexity index is 926. The third-order valence-corrected chi connectivity index (χ3v) is 4.46. The Morgan fingerprint density at radius 1 is 1.00 bits per heavy atom. The number of likely N-dealkylation sites (N-methyl/N-ethyl adjacent to an activating group) is 2. The molecule has 0 aromatic heterocycles. The summed E-state index contributed by atoms with van der Waals surface area (Å²) in [5, 5.41) is 2.72. The summed E-state index contributed by atoms with van der Waals surface area (Å²) in [6, 6.07) is 11.5. The zero-order valence-electron chi connectivity index (χ0n) is 18.4. The fraction of sp³-hybridized carbons (Fsp3) is 0.364. The quantitative estimate of drug-likeness (QED) is 0.566. The van der Waals surface area contributed by atoms with Gasteiger partial charge in [-0.3, -0.25) is 14.5 Å². The first-order valence-electron chi connectivity index (χ1n) is 9.70. The molecule has 0 aliphatic rings. The lowest BCUT2D eigenvalue weighted by atomic mass is 10.2. The summed E-state index contributed by atoms with van der Waals surface area (Å²) < 4.78 is 39.5. The Hall–Kier alpha value is -3.40. The molecule has 0 atom stereocenters. The summed E-state index contributed by atoms with van der Waals surface area (Å²) in [5.74, 6) is 0.133. The second kappa shape index (κ2) is 11.8. The van der Waals surface area contributed by atoms with E-state index in [1.54, 1.807) is 55.4 Å². The molecule has 32 heavy (non-hydrogen) atoms. The number of amides is 2. The number of carbonyl (C=O) groups excluding carboxylic acids is 2. The fourth-order valence-corrected chi connectivity index (χ4v) is 2.93. The minimum absolute atomic E-state index is 0.0561. The van der Waals surface area contributed by atoms with Crippen molar-refractivity contribution in [1.29, 1.82) is 0 Å². The first kappa shape index (κ1) is 24.9. The molecular weight excluding hydrogens is 424 g/mol. The highest BCUT2D eigenvalue weighted by Gasteiger charge is 2.17. The molecule has 0 aliphatic carbocycles. The third kappa shape index (κ3) is 7.69. The van der Waals surface area contributed by atoms with Gasteiger partial charge in [0.2, 0.25) is 11.8 Å². The Morgan fingerprint density at radius 3 is 2.41 bits per heavy atom. The lowest BCUT2D eigenvalue weighted by Crippen LogP contribution is -2.40. The maximum atomic E-state index is 12.5. The van der Waals surface area contributed by atoms with Crippen LogP contribution in [0.15, 0.2) is 42.5 Å². The van der Waals surface area contributed by atoms with Gasteiger partial charge in [-0.15, -0.1) is 0 Å². The molecule has 2 aromatic rings. The number of carbonyl (C=O) groups is 2. The van der Waals surface area contributed by atoms with Gasteiger partial charge in [0.15, 0.2) is 11.5 Å². The SMILES string of the molecule is COc1cccc(NC(=O)CN(C)C(=O)CN(C)Cc2ccc(OC(F)F)c(OC)c2)c1. The fourth-order valence-electron chi connectivity index (χ4n) is 2.93. The maximum Gasteiger partial charge on any atom is 0.387 e. The highest BCUT2D eigenvalue weighted by atomic mass is 19.3. The molecule has 0 saturated heterocycles. The van der Waals surface area contributed by atoms with Gasteiger partial charge >= 0.3 is 6.61 Å². The van der Waals surface area contributed by atoms with Crippen molar-refractivity contribution in [3.63, 3.8) is 0 Å². The molecule has 0 saturated carbocycles. The van der Waals surface area contributed by atoms with Crippen LogP contribution in [0.5, 0.6) is 17.2 Å². The van der Waals surface area contributed by atoms with Gasteiger partial charge in [0.05, 0.1) is 27.3 Å². The van der Waals surface area contributed by atoms with E-state index in [1.807, 2.05) is 0 Å². The van der Waals surface area contributed by atoms with Crippen molar-refractivity contribution >= 4 is 17.5 Å². The molecular formula is C22H27F2N3O5. The lowest BCUT2D eigenvalue weighted by molar-refractivity contribution is -0.134. The van der Waals surface area contributed by atoms with E-state index in [0.29, 0.717) is 18.0 Å². The summed E-state index contributed by atoms with van der Waals surface area (Å²) in [5.41, 5.74) is 1.32.